The molecule has 0 unspecified atom stereocenters. The number of benzene rings is 2. The second-order valence-corrected chi connectivity index (χ2v) is 8.17. The summed E-state index contributed by atoms with van der Waals surface area (Å²) in [6.45, 7) is 1.11. The van der Waals surface area contributed by atoms with Crippen LogP contribution in [0.25, 0.3) is 6.08 Å². The molecule has 0 aliphatic heterocycles. The molecule has 2 amide bonds. The van der Waals surface area contributed by atoms with Crippen molar-refractivity contribution in [3.05, 3.63) is 54.1 Å². The summed E-state index contributed by atoms with van der Waals surface area (Å²) in [7, 11) is -0.873. The molecular formula is C20H21N3O6S2. The smallest absolute Gasteiger partial charge is 0.264 e. The largest absolute Gasteiger partial charge is 0.493 e. The van der Waals surface area contributed by atoms with Gasteiger partial charge in [-0.1, -0.05) is 6.07 Å². The number of anilines is 1. The van der Waals surface area contributed by atoms with Gasteiger partial charge in [-0.2, -0.15) is 0 Å². The lowest BCUT2D eigenvalue weighted by molar-refractivity contribution is -0.117. The topological polar surface area (TPSA) is 123 Å². The monoisotopic (exact) mass is 463 g/mol. The lowest BCUT2D eigenvalue weighted by atomic mass is 10.2. The molecule has 2 rings (SSSR count). The molecule has 0 saturated carbocycles. The molecule has 0 heterocycles. The molecule has 31 heavy (non-hydrogen) atoms. The third kappa shape index (κ3) is 7.08. The van der Waals surface area contributed by atoms with Crippen LogP contribution >= 0.6 is 12.2 Å². The van der Waals surface area contributed by atoms with Crippen molar-refractivity contribution in [2.24, 2.45) is 0 Å². The van der Waals surface area contributed by atoms with Crippen LogP contribution < -0.4 is 24.8 Å². The van der Waals surface area contributed by atoms with E-state index in [4.69, 9.17) is 21.7 Å². The van der Waals surface area contributed by atoms with Gasteiger partial charge in [0.2, 0.25) is 11.8 Å². The van der Waals surface area contributed by atoms with Crippen LogP contribution in [-0.4, -0.2) is 39.6 Å². The summed E-state index contributed by atoms with van der Waals surface area (Å²) in [6, 6.07) is 10.7. The number of ether oxygens (including phenoxy) is 2. The Balaban J connectivity index is 1.96. The van der Waals surface area contributed by atoms with Gasteiger partial charge in [0, 0.05) is 18.7 Å². The van der Waals surface area contributed by atoms with E-state index in [0.717, 1.165) is 12.5 Å². The van der Waals surface area contributed by atoms with Gasteiger partial charge in [-0.05, 0) is 60.3 Å². The Kier molecular flexibility index (Phi) is 8.11. The van der Waals surface area contributed by atoms with Crippen LogP contribution in [0.1, 0.15) is 12.5 Å². The minimum Gasteiger partial charge on any atom is -0.493 e. The highest BCUT2D eigenvalue weighted by molar-refractivity contribution is 7.90. The molecule has 0 bridgehead atoms. The summed E-state index contributed by atoms with van der Waals surface area (Å²) >= 11 is 5.09. The van der Waals surface area contributed by atoms with E-state index in [1.54, 1.807) is 24.3 Å². The van der Waals surface area contributed by atoms with E-state index < -0.39 is 21.8 Å². The zero-order valence-electron chi connectivity index (χ0n) is 17.0. The quantitative estimate of drug-likeness (QED) is 0.421. The van der Waals surface area contributed by atoms with Crippen molar-refractivity contribution in [3.8, 4) is 11.5 Å². The summed E-state index contributed by atoms with van der Waals surface area (Å²) in [4.78, 5) is 23.0. The SMILES string of the molecule is COc1ccc(/C=C/C(=O)NC(=S)Nc2ccc(S(=O)(=O)NC(C)=O)cc2)cc1OC. The van der Waals surface area contributed by atoms with Crippen molar-refractivity contribution in [3.63, 3.8) is 0 Å². The van der Waals surface area contributed by atoms with Crippen LogP contribution in [0.4, 0.5) is 5.69 Å². The lowest BCUT2D eigenvalue weighted by Gasteiger charge is -2.10. The minimum absolute atomic E-state index is 0.0272. The molecule has 2 aromatic carbocycles. The van der Waals surface area contributed by atoms with Crippen molar-refractivity contribution >= 4 is 50.9 Å². The van der Waals surface area contributed by atoms with Crippen LogP contribution in [-0.2, 0) is 19.6 Å². The number of methoxy groups -OCH3 is 2. The number of sulfonamides is 1. The predicted molar refractivity (Wildman–Crippen MR) is 120 cm³/mol. The maximum Gasteiger partial charge on any atom is 0.264 e. The molecular weight excluding hydrogens is 442 g/mol. The molecule has 0 fully saturated rings. The van der Waals surface area contributed by atoms with Crippen molar-refractivity contribution in [2.45, 2.75) is 11.8 Å². The number of carbonyl (C=O) groups excluding carboxylic acids is 2. The van der Waals surface area contributed by atoms with Gasteiger partial charge in [-0.3, -0.25) is 14.9 Å². The van der Waals surface area contributed by atoms with E-state index in [-0.39, 0.29) is 10.0 Å². The Hall–Kier alpha value is -3.44. The van der Waals surface area contributed by atoms with Gasteiger partial charge >= 0.3 is 0 Å². The first-order chi connectivity index (χ1) is 14.6. The zero-order chi connectivity index (χ0) is 23.0. The predicted octanol–water partition coefficient (Wildman–Crippen LogP) is 2.05. The first-order valence-corrected chi connectivity index (χ1v) is 10.7. The summed E-state index contributed by atoms with van der Waals surface area (Å²) in [5.41, 5.74) is 1.18. The van der Waals surface area contributed by atoms with Crippen LogP contribution in [0.15, 0.2) is 53.4 Å². The number of hydrogen-bond donors (Lipinski definition) is 3. The van der Waals surface area contributed by atoms with Crippen molar-refractivity contribution in [1.82, 2.24) is 10.0 Å². The number of hydrogen-bond acceptors (Lipinski definition) is 7. The van der Waals surface area contributed by atoms with Crippen molar-refractivity contribution in [1.29, 1.82) is 0 Å². The van der Waals surface area contributed by atoms with E-state index in [1.165, 1.54) is 44.6 Å². The molecule has 9 nitrogen and oxygen atoms in total. The lowest BCUT2D eigenvalue weighted by Crippen LogP contribution is -2.32. The highest BCUT2D eigenvalue weighted by Gasteiger charge is 2.15. The van der Waals surface area contributed by atoms with Crippen molar-refractivity contribution < 1.29 is 27.5 Å². The minimum atomic E-state index is -3.92. The second-order valence-electron chi connectivity index (χ2n) is 6.08. The van der Waals surface area contributed by atoms with Crippen LogP contribution in [0.5, 0.6) is 11.5 Å². The fourth-order valence-corrected chi connectivity index (χ4v) is 3.62. The summed E-state index contributed by atoms with van der Waals surface area (Å²) in [6.07, 6.45) is 2.89. The Morgan fingerprint density at radius 2 is 1.65 bits per heavy atom. The Morgan fingerprint density at radius 3 is 2.23 bits per heavy atom. The van der Waals surface area contributed by atoms with Crippen LogP contribution in [0.2, 0.25) is 0 Å². The van der Waals surface area contributed by atoms with Gasteiger partial charge < -0.3 is 14.8 Å². The standard InChI is InChI=1S/C20H21N3O6S2/c1-13(24)23-31(26,27)16-8-6-15(7-9-16)21-20(30)22-19(25)11-5-14-4-10-17(28-2)18(12-14)29-3/h4-12H,1-3H3,(H,23,24)(H2,21,22,25,30)/b11-5+. The van der Waals surface area contributed by atoms with E-state index in [9.17, 15) is 18.0 Å². The molecule has 0 aliphatic carbocycles. The van der Waals surface area contributed by atoms with Gasteiger partial charge in [-0.15, -0.1) is 0 Å². The number of nitrogens with one attached hydrogen (secondary N) is 3. The molecule has 0 aliphatic rings. The first-order valence-electron chi connectivity index (χ1n) is 8.80. The fraction of sp³-hybridized carbons (Fsp3) is 0.150. The molecule has 0 aromatic heterocycles. The summed E-state index contributed by atoms with van der Waals surface area (Å²) in [5.74, 6) is -0.0408. The molecule has 0 atom stereocenters. The number of thiocarbonyl (C=S) groups is 1. The fourth-order valence-electron chi connectivity index (χ4n) is 2.41. The Labute approximate surface area is 185 Å². The Morgan fingerprint density at radius 1 is 1.00 bits per heavy atom. The van der Waals surface area contributed by atoms with Crippen LogP contribution in [0.3, 0.4) is 0 Å². The summed E-state index contributed by atoms with van der Waals surface area (Å²) < 4.78 is 36.1. The average molecular weight is 464 g/mol. The molecule has 2 aromatic rings. The zero-order valence-corrected chi connectivity index (χ0v) is 18.6. The average Bonchev–Trinajstić information content (AvgIpc) is 2.71. The van der Waals surface area contributed by atoms with Gasteiger partial charge in [0.25, 0.3) is 10.0 Å². The normalized spacial score (nSPS) is 10.9. The molecule has 0 saturated heterocycles. The first kappa shape index (κ1) is 23.8. The van der Waals surface area contributed by atoms with E-state index in [1.807, 2.05) is 4.72 Å². The van der Waals surface area contributed by atoms with Gasteiger partial charge in [-0.25, -0.2) is 13.1 Å². The highest BCUT2D eigenvalue weighted by atomic mass is 32.2. The number of carbonyl (C=O) groups is 2. The third-order valence-corrected chi connectivity index (χ3v) is 5.43. The molecule has 11 heteroatoms. The maximum absolute atomic E-state index is 12.1. The molecule has 3 N–H and O–H groups in total. The van der Waals surface area contributed by atoms with E-state index in [2.05, 4.69) is 10.6 Å². The van der Waals surface area contributed by atoms with E-state index >= 15 is 0 Å². The molecule has 0 spiro atoms. The second kappa shape index (κ2) is 10.5. The number of rotatable bonds is 7. The Bertz CT molecular complexity index is 1110. The highest BCUT2D eigenvalue weighted by Crippen LogP contribution is 2.27. The summed E-state index contributed by atoms with van der Waals surface area (Å²) in [5, 5.41) is 5.28. The van der Waals surface area contributed by atoms with Gasteiger partial charge in [0.15, 0.2) is 16.6 Å². The van der Waals surface area contributed by atoms with E-state index in [0.29, 0.717) is 17.2 Å². The maximum atomic E-state index is 12.1. The van der Waals surface area contributed by atoms with Gasteiger partial charge in [0.05, 0.1) is 19.1 Å². The van der Waals surface area contributed by atoms with Gasteiger partial charge in [0.1, 0.15) is 0 Å². The molecule has 164 valence electrons. The molecule has 0 radical (unpaired) electrons. The van der Waals surface area contributed by atoms with Crippen LogP contribution in [0, 0.1) is 0 Å². The third-order valence-electron chi connectivity index (χ3n) is 3.77. The number of amides is 2. The van der Waals surface area contributed by atoms with Crippen molar-refractivity contribution in [2.75, 3.05) is 19.5 Å².